The molecule has 1 aliphatic heterocycles. The molecule has 0 aromatic heterocycles. The Labute approximate surface area is 245 Å². The number of rotatable bonds is 10. The van der Waals surface area contributed by atoms with Crippen LogP contribution in [0.5, 0.6) is 0 Å². The molecule has 0 amide bonds. The second-order valence-corrected chi connectivity index (χ2v) is 10.3. The van der Waals surface area contributed by atoms with Gasteiger partial charge in [0.1, 0.15) is 12.7 Å². The standard InChI is InChI=1S/C30H40O12/c1-18(31)38-17-25-26(39-19(2)32)27(40-20(3)33)28(41-21(4)34)30(37-7,42-25)24-10-8-9-23(16-24)15-22-11-13-29(35-5,36-6)14-12-22/h8-10,15-16,25-28H,11-14,17H2,1-7H3/t25-,26-,27+,28-,30?/m1/s1. The van der Waals surface area contributed by atoms with E-state index in [1.807, 2.05) is 12.1 Å². The van der Waals surface area contributed by atoms with Crippen molar-refractivity contribution in [2.45, 2.75) is 89.4 Å². The molecule has 0 radical (unpaired) electrons. The minimum atomic E-state index is -1.85. The van der Waals surface area contributed by atoms with E-state index < -0.39 is 59.9 Å². The molecular formula is C30H40O12. The molecule has 12 heteroatoms. The molecular weight excluding hydrogens is 552 g/mol. The predicted octanol–water partition coefficient (Wildman–Crippen LogP) is 3.19. The van der Waals surface area contributed by atoms with Crippen molar-refractivity contribution in [3.8, 4) is 0 Å². The van der Waals surface area contributed by atoms with Crippen LogP contribution in [0.2, 0.25) is 0 Å². The van der Waals surface area contributed by atoms with Crippen molar-refractivity contribution in [2.24, 2.45) is 0 Å². The van der Waals surface area contributed by atoms with E-state index in [9.17, 15) is 19.2 Å². The summed E-state index contributed by atoms with van der Waals surface area (Å²) < 4.78 is 45.5. The lowest BCUT2D eigenvalue weighted by molar-refractivity contribution is -0.367. The van der Waals surface area contributed by atoms with Crippen LogP contribution >= 0.6 is 0 Å². The number of ether oxygens (including phenoxy) is 8. The van der Waals surface area contributed by atoms with Gasteiger partial charge in [0.15, 0.2) is 18.0 Å². The molecule has 42 heavy (non-hydrogen) atoms. The first kappa shape index (κ1) is 33.2. The first-order valence-corrected chi connectivity index (χ1v) is 13.7. The van der Waals surface area contributed by atoms with Crippen LogP contribution in [0.15, 0.2) is 29.8 Å². The number of esters is 4. The van der Waals surface area contributed by atoms with E-state index in [0.29, 0.717) is 18.4 Å². The normalized spacial score (nSPS) is 27.0. The molecule has 1 aromatic rings. The van der Waals surface area contributed by atoms with Gasteiger partial charge in [-0.3, -0.25) is 19.2 Å². The molecule has 0 bridgehead atoms. The van der Waals surface area contributed by atoms with Gasteiger partial charge in [0.05, 0.1) is 0 Å². The smallest absolute Gasteiger partial charge is 0.303 e. The van der Waals surface area contributed by atoms with Crippen LogP contribution in [-0.4, -0.2) is 82.0 Å². The fourth-order valence-electron chi connectivity index (χ4n) is 5.45. The second-order valence-electron chi connectivity index (χ2n) is 10.3. The molecule has 1 saturated heterocycles. The third-order valence-corrected chi connectivity index (χ3v) is 7.40. The van der Waals surface area contributed by atoms with Crippen molar-refractivity contribution in [2.75, 3.05) is 27.9 Å². The quantitative estimate of drug-likeness (QED) is 0.224. The third kappa shape index (κ3) is 7.74. The van der Waals surface area contributed by atoms with Gasteiger partial charge in [-0.25, -0.2) is 0 Å². The minimum Gasteiger partial charge on any atom is -0.463 e. The molecule has 1 aromatic carbocycles. The highest BCUT2D eigenvalue weighted by Gasteiger charge is 2.61. The van der Waals surface area contributed by atoms with Gasteiger partial charge in [0.2, 0.25) is 11.9 Å². The van der Waals surface area contributed by atoms with E-state index in [1.165, 1.54) is 33.5 Å². The summed E-state index contributed by atoms with van der Waals surface area (Å²) >= 11 is 0. The zero-order chi connectivity index (χ0) is 31.1. The Hall–Kier alpha value is -3.32. The van der Waals surface area contributed by atoms with Gasteiger partial charge in [-0.15, -0.1) is 0 Å². The summed E-state index contributed by atoms with van der Waals surface area (Å²) in [7, 11) is 4.62. The summed E-state index contributed by atoms with van der Waals surface area (Å²) in [5, 5.41) is 0. The van der Waals surface area contributed by atoms with Gasteiger partial charge in [-0.05, 0) is 24.5 Å². The summed E-state index contributed by atoms with van der Waals surface area (Å²) in [5.74, 6) is -5.23. The van der Waals surface area contributed by atoms with Crippen LogP contribution in [0, 0.1) is 0 Å². The third-order valence-electron chi connectivity index (χ3n) is 7.40. The lowest BCUT2D eigenvalue weighted by Crippen LogP contribution is -2.67. The molecule has 12 nitrogen and oxygen atoms in total. The van der Waals surface area contributed by atoms with Gasteiger partial charge in [-0.2, -0.15) is 0 Å². The van der Waals surface area contributed by atoms with E-state index in [0.717, 1.165) is 25.3 Å². The summed E-state index contributed by atoms with van der Waals surface area (Å²) in [5.41, 5.74) is 2.43. The van der Waals surface area contributed by atoms with Gasteiger partial charge < -0.3 is 37.9 Å². The monoisotopic (exact) mass is 592 g/mol. The maximum atomic E-state index is 12.4. The molecule has 232 valence electrons. The van der Waals surface area contributed by atoms with E-state index in [1.54, 1.807) is 32.4 Å². The van der Waals surface area contributed by atoms with Crippen molar-refractivity contribution < 1.29 is 57.1 Å². The van der Waals surface area contributed by atoms with Crippen LogP contribution in [0.3, 0.4) is 0 Å². The predicted molar refractivity (Wildman–Crippen MR) is 146 cm³/mol. The Bertz CT molecular complexity index is 1160. The first-order chi connectivity index (χ1) is 19.9. The van der Waals surface area contributed by atoms with Gasteiger partial charge >= 0.3 is 23.9 Å². The Balaban J connectivity index is 2.10. The lowest BCUT2D eigenvalue weighted by atomic mass is 9.85. The number of hydrogen-bond donors (Lipinski definition) is 0. The van der Waals surface area contributed by atoms with Crippen molar-refractivity contribution in [3.63, 3.8) is 0 Å². The molecule has 1 unspecified atom stereocenters. The van der Waals surface area contributed by atoms with Gasteiger partial charge in [0, 0.05) is 67.4 Å². The number of methoxy groups -OCH3 is 3. The van der Waals surface area contributed by atoms with Gasteiger partial charge in [-0.1, -0.05) is 29.8 Å². The molecule has 1 heterocycles. The van der Waals surface area contributed by atoms with Crippen molar-refractivity contribution in [1.82, 2.24) is 0 Å². The molecule has 2 aliphatic rings. The highest BCUT2D eigenvalue weighted by molar-refractivity contribution is 5.69. The molecule has 1 aliphatic carbocycles. The number of benzene rings is 1. The molecule has 5 atom stereocenters. The van der Waals surface area contributed by atoms with E-state index in [4.69, 9.17) is 37.9 Å². The second kappa shape index (κ2) is 14.2. The minimum absolute atomic E-state index is 0.368. The Morgan fingerprint density at radius 2 is 1.43 bits per heavy atom. The molecule has 2 fully saturated rings. The number of carbonyl (C=O) groups is 4. The molecule has 3 rings (SSSR count). The van der Waals surface area contributed by atoms with E-state index in [2.05, 4.69) is 0 Å². The van der Waals surface area contributed by atoms with E-state index >= 15 is 0 Å². The topological polar surface area (TPSA) is 142 Å². The fourth-order valence-corrected chi connectivity index (χ4v) is 5.45. The van der Waals surface area contributed by atoms with Crippen LogP contribution < -0.4 is 0 Å². The Kier molecular flexibility index (Phi) is 11.2. The summed E-state index contributed by atoms with van der Waals surface area (Å²) in [6.45, 7) is 4.36. The van der Waals surface area contributed by atoms with Crippen LogP contribution in [-0.2, 0) is 62.9 Å². The average Bonchev–Trinajstić information content (AvgIpc) is 2.94. The summed E-state index contributed by atoms with van der Waals surface area (Å²) in [4.78, 5) is 48.4. The van der Waals surface area contributed by atoms with Crippen LogP contribution in [0.1, 0.15) is 64.5 Å². The zero-order valence-corrected chi connectivity index (χ0v) is 25.1. The summed E-state index contributed by atoms with van der Waals surface area (Å²) in [6, 6.07) is 7.21. The van der Waals surface area contributed by atoms with E-state index in [-0.39, 0.29) is 6.61 Å². The molecule has 1 saturated carbocycles. The number of carbonyl (C=O) groups excluding carboxylic acids is 4. The SMILES string of the molecule is COC1(OC)CCC(=Cc2cccc(C3(OC)O[C@H](COC(C)=O)[C@@H](OC(C)=O)[C@H](OC(C)=O)[C@H]3OC(C)=O)c2)CC1. The van der Waals surface area contributed by atoms with Crippen molar-refractivity contribution in [1.29, 1.82) is 0 Å². The largest absolute Gasteiger partial charge is 0.463 e. The van der Waals surface area contributed by atoms with Gasteiger partial charge in [0.25, 0.3) is 0 Å². The highest BCUT2D eigenvalue weighted by Crippen LogP contribution is 2.44. The Morgan fingerprint density at radius 1 is 0.833 bits per heavy atom. The lowest BCUT2D eigenvalue weighted by Gasteiger charge is -2.50. The first-order valence-electron chi connectivity index (χ1n) is 13.7. The van der Waals surface area contributed by atoms with Crippen LogP contribution in [0.25, 0.3) is 6.08 Å². The average molecular weight is 593 g/mol. The van der Waals surface area contributed by atoms with Crippen molar-refractivity contribution in [3.05, 3.63) is 41.0 Å². The molecule has 0 N–H and O–H groups in total. The Morgan fingerprint density at radius 3 is 1.95 bits per heavy atom. The summed E-state index contributed by atoms with van der Waals surface area (Å²) in [6.07, 6.45) is -0.279. The van der Waals surface area contributed by atoms with Crippen LogP contribution in [0.4, 0.5) is 0 Å². The highest BCUT2D eigenvalue weighted by atomic mass is 16.7. The van der Waals surface area contributed by atoms with Crippen molar-refractivity contribution >= 4 is 30.0 Å². The maximum absolute atomic E-state index is 12.4. The molecule has 0 spiro atoms. The number of allylic oxidation sites excluding steroid dienone is 1. The number of hydrogen-bond acceptors (Lipinski definition) is 12. The fraction of sp³-hybridized carbons (Fsp3) is 0.600. The zero-order valence-electron chi connectivity index (χ0n) is 25.1. The maximum Gasteiger partial charge on any atom is 0.303 e.